The largest absolute Gasteiger partial charge is 0.369 e. The van der Waals surface area contributed by atoms with Gasteiger partial charge in [-0.15, -0.1) is 11.3 Å². The predicted octanol–water partition coefficient (Wildman–Crippen LogP) is 0.891. The van der Waals surface area contributed by atoms with Crippen LogP contribution in [0.1, 0.15) is 26.2 Å². The van der Waals surface area contributed by atoms with Crippen LogP contribution in [0.25, 0.3) is 5.00 Å². The lowest BCUT2D eigenvalue weighted by Gasteiger charge is -2.33. The van der Waals surface area contributed by atoms with Crippen molar-refractivity contribution in [1.82, 2.24) is 24.7 Å². The highest BCUT2D eigenvalue weighted by atomic mass is 32.1. The minimum atomic E-state index is -0.379. The van der Waals surface area contributed by atoms with Crippen molar-refractivity contribution in [1.29, 1.82) is 0 Å². The molecule has 21 heavy (non-hydrogen) atoms. The molecule has 0 radical (unpaired) electrons. The van der Waals surface area contributed by atoms with Crippen LogP contribution in [-0.2, 0) is 11.3 Å². The Morgan fingerprint density at radius 1 is 1.43 bits per heavy atom. The number of tetrazole rings is 1. The van der Waals surface area contributed by atoms with Crippen LogP contribution in [0.3, 0.4) is 0 Å². The Kier molecular flexibility index (Phi) is 3.87. The smallest absolute Gasteiger partial charge is 0.338 e. The molecule has 2 aromatic heterocycles. The molecular weight excluding hydrogens is 290 g/mol. The lowest BCUT2D eigenvalue weighted by Crippen LogP contribution is -2.44. The van der Waals surface area contributed by atoms with E-state index in [-0.39, 0.29) is 24.2 Å². The van der Waals surface area contributed by atoms with Crippen LogP contribution in [-0.4, -0.2) is 43.2 Å². The number of nitrogens with zero attached hydrogens (tertiary/aromatic N) is 5. The number of carbonyl (C=O) groups is 1. The number of hydrogen-bond donors (Lipinski definition) is 0. The first kappa shape index (κ1) is 14.0. The normalized spacial score (nSPS) is 18.9. The molecule has 8 heteroatoms. The number of likely N-dealkylation sites (tertiary alicyclic amines) is 1. The molecule has 0 aromatic carbocycles. The average molecular weight is 307 g/mol. The summed E-state index contributed by atoms with van der Waals surface area (Å²) in [7, 11) is 0. The molecule has 0 bridgehead atoms. The molecule has 2 aromatic rings. The van der Waals surface area contributed by atoms with Crippen molar-refractivity contribution in [3.8, 4) is 5.00 Å². The molecule has 1 aliphatic rings. The Balaban J connectivity index is 1.76. The van der Waals surface area contributed by atoms with Crippen LogP contribution in [0.2, 0.25) is 0 Å². The van der Waals surface area contributed by atoms with Crippen molar-refractivity contribution in [2.24, 2.45) is 0 Å². The summed E-state index contributed by atoms with van der Waals surface area (Å²) in [5.74, 6) is -0.0671. The monoisotopic (exact) mass is 307 g/mol. The Labute approximate surface area is 125 Å². The molecule has 3 rings (SSSR count). The maximum Gasteiger partial charge on any atom is 0.369 e. The fourth-order valence-corrected chi connectivity index (χ4v) is 3.26. The molecule has 0 aliphatic carbocycles. The third-order valence-electron chi connectivity index (χ3n) is 3.76. The van der Waals surface area contributed by atoms with Crippen LogP contribution in [0.5, 0.6) is 0 Å². The summed E-state index contributed by atoms with van der Waals surface area (Å²) in [6.45, 7) is 2.75. The highest BCUT2D eigenvalue weighted by Crippen LogP contribution is 2.16. The summed E-state index contributed by atoms with van der Waals surface area (Å²) in [5.41, 5.74) is -0.379. The number of amides is 1. The molecule has 1 amide bonds. The standard InChI is InChI=1S/C13H17N5O2S/c1-10-5-2-3-7-16(10)11(19)9-17-13(20)18(15-14-17)12-6-4-8-21-12/h4,6,8,10H,2-3,5,7,9H2,1H3/t10-/m1/s1. The zero-order chi connectivity index (χ0) is 14.8. The number of carbonyl (C=O) groups excluding carboxylic acids is 1. The van der Waals surface area contributed by atoms with Crippen LogP contribution >= 0.6 is 11.3 Å². The summed E-state index contributed by atoms with van der Waals surface area (Å²) in [4.78, 5) is 26.4. The van der Waals surface area contributed by atoms with Gasteiger partial charge >= 0.3 is 5.69 Å². The van der Waals surface area contributed by atoms with E-state index in [1.807, 2.05) is 23.3 Å². The maximum atomic E-state index is 12.3. The quantitative estimate of drug-likeness (QED) is 0.844. The van der Waals surface area contributed by atoms with Crippen LogP contribution in [0.15, 0.2) is 22.3 Å². The van der Waals surface area contributed by atoms with E-state index in [1.165, 1.54) is 16.0 Å². The second kappa shape index (κ2) is 5.80. The Morgan fingerprint density at radius 3 is 3.00 bits per heavy atom. The second-order valence-electron chi connectivity index (χ2n) is 5.21. The van der Waals surface area contributed by atoms with Gasteiger partial charge in [0.1, 0.15) is 11.5 Å². The molecule has 1 fully saturated rings. The first-order valence-electron chi connectivity index (χ1n) is 7.03. The van der Waals surface area contributed by atoms with Gasteiger partial charge in [-0.25, -0.2) is 4.79 Å². The summed E-state index contributed by atoms with van der Waals surface area (Å²) >= 11 is 1.40. The first-order chi connectivity index (χ1) is 10.2. The van der Waals surface area contributed by atoms with Crippen molar-refractivity contribution >= 4 is 17.2 Å². The van der Waals surface area contributed by atoms with Crippen molar-refractivity contribution in [3.05, 3.63) is 28.0 Å². The second-order valence-corrected chi connectivity index (χ2v) is 6.14. The minimum Gasteiger partial charge on any atom is -0.338 e. The molecule has 112 valence electrons. The molecular formula is C13H17N5O2S. The maximum absolute atomic E-state index is 12.3. The SMILES string of the molecule is C[C@@H]1CCCCN1C(=O)Cn1nnn(-c2cccs2)c1=O. The summed E-state index contributed by atoms with van der Waals surface area (Å²) in [5, 5.41) is 10.2. The number of hydrogen-bond acceptors (Lipinski definition) is 5. The number of thiophene rings is 1. The molecule has 3 heterocycles. The minimum absolute atomic E-state index is 0.0471. The molecule has 1 aliphatic heterocycles. The number of piperidine rings is 1. The van der Waals surface area contributed by atoms with Gasteiger partial charge in [-0.2, -0.15) is 9.36 Å². The van der Waals surface area contributed by atoms with Crippen molar-refractivity contribution < 1.29 is 4.79 Å². The van der Waals surface area contributed by atoms with Crippen LogP contribution in [0, 0.1) is 0 Å². The van der Waals surface area contributed by atoms with Gasteiger partial charge in [0, 0.05) is 12.6 Å². The zero-order valence-corrected chi connectivity index (χ0v) is 12.6. The van der Waals surface area contributed by atoms with E-state index < -0.39 is 0 Å². The molecule has 7 nitrogen and oxygen atoms in total. The zero-order valence-electron chi connectivity index (χ0n) is 11.8. The Hall–Kier alpha value is -1.96. The Bertz CT molecular complexity index is 675. The van der Waals surface area contributed by atoms with Crippen LogP contribution < -0.4 is 5.69 Å². The molecule has 1 saturated heterocycles. The van der Waals surface area contributed by atoms with E-state index in [0.717, 1.165) is 30.5 Å². The number of aromatic nitrogens is 4. The van der Waals surface area contributed by atoms with E-state index in [0.29, 0.717) is 5.00 Å². The fourth-order valence-electron chi connectivity index (χ4n) is 2.59. The molecule has 1 atom stereocenters. The van der Waals surface area contributed by atoms with Crippen molar-refractivity contribution in [2.45, 2.75) is 38.8 Å². The van der Waals surface area contributed by atoms with Gasteiger partial charge in [-0.05, 0) is 54.1 Å². The van der Waals surface area contributed by atoms with Gasteiger partial charge in [-0.1, -0.05) is 0 Å². The molecule has 0 spiro atoms. The summed E-state index contributed by atoms with van der Waals surface area (Å²) < 4.78 is 2.35. The molecule has 0 N–H and O–H groups in total. The highest BCUT2D eigenvalue weighted by Gasteiger charge is 2.24. The van der Waals surface area contributed by atoms with Gasteiger partial charge < -0.3 is 4.90 Å². The topological polar surface area (TPSA) is 73.0 Å². The van der Waals surface area contributed by atoms with Gasteiger partial charge in [0.05, 0.1) is 0 Å². The Morgan fingerprint density at radius 2 is 2.29 bits per heavy atom. The van der Waals surface area contributed by atoms with Crippen LogP contribution in [0.4, 0.5) is 0 Å². The van der Waals surface area contributed by atoms with Gasteiger partial charge in [0.15, 0.2) is 0 Å². The number of rotatable bonds is 3. The third-order valence-corrected chi connectivity index (χ3v) is 4.61. The summed E-state index contributed by atoms with van der Waals surface area (Å²) in [6, 6.07) is 3.86. The predicted molar refractivity (Wildman–Crippen MR) is 78.5 cm³/mol. The third kappa shape index (κ3) is 2.76. The van der Waals surface area contributed by atoms with E-state index in [9.17, 15) is 9.59 Å². The van der Waals surface area contributed by atoms with E-state index in [2.05, 4.69) is 10.4 Å². The average Bonchev–Trinajstić information content (AvgIpc) is 3.10. The fraction of sp³-hybridized carbons (Fsp3) is 0.538. The van der Waals surface area contributed by atoms with Gasteiger partial charge in [0.2, 0.25) is 5.91 Å². The highest BCUT2D eigenvalue weighted by molar-refractivity contribution is 7.12. The molecule has 0 unspecified atom stereocenters. The van der Waals surface area contributed by atoms with Crippen molar-refractivity contribution in [2.75, 3.05) is 6.54 Å². The lowest BCUT2D eigenvalue weighted by atomic mass is 10.0. The summed E-state index contributed by atoms with van der Waals surface area (Å²) in [6.07, 6.45) is 3.19. The van der Waals surface area contributed by atoms with Crippen molar-refractivity contribution in [3.63, 3.8) is 0 Å². The lowest BCUT2D eigenvalue weighted by molar-refractivity contribution is -0.135. The van der Waals surface area contributed by atoms with E-state index in [4.69, 9.17) is 0 Å². The first-order valence-corrected chi connectivity index (χ1v) is 7.91. The van der Waals surface area contributed by atoms with E-state index >= 15 is 0 Å². The molecule has 0 saturated carbocycles. The van der Waals surface area contributed by atoms with E-state index in [1.54, 1.807) is 6.07 Å². The van der Waals surface area contributed by atoms with Gasteiger partial charge in [0.25, 0.3) is 0 Å². The van der Waals surface area contributed by atoms with Gasteiger partial charge in [-0.3, -0.25) is 4.79 Å².